The lowest BCUT2D eigenvalue weighted by Gasteiger charge is -2.41. The van der Waals surface area contributed by atoms with E-state index >= 15 is 0 Å². The third-order valence-corrected chi connectivity index (χ3v) is 8.17. The van der Waals surface area contributed by atoms with Gasteiger partial charge < -0.3 is 15.1 Å². The molecule has 1 spiro atoms. The summed E-state index contributed by atoms with van der Waals surface area (Å²) in [4.78, 5) is 33.3. The van der Waals surface area contributed by atoms with Gasteiger partial charge in [0, 0.05) is 38.8 Å². The first-order chi connectivity index (χ1) is 16.2. The first-order valence-electron chi connectivity index (χ1n) is 13.4. The molecule has 3 aliphatic rings. The summed E-state index contributed by atoms with van der Waals surface area (Å²) >= 11 is 0. The molecule has 194 valence electrons. The van der Waals surface area contributed by atoms with Crippen LogP contribution in [0.25, 0.3) is 0 Å². The Morgan fingerprint density at radius 1 is 1.03 bits per heavy atom. The minimum atomic E-state index is -0.391. The van der Waals surface area contributed by atoms with Crippen molar-refractivity contribution in [2.75, 3.05) is 33.2 Å². The van der Waals surface area contributed by atoms with E-state index in [4.69, 9.17) is 0 Å². The van der Waals surface area contributed by atoms with Crippen molar-refractivity contribution >= 4 is 11.8 Å². The predicted octanol–water partition coefficient (Wildman–Crippen LogP) is 3.79. The summed E-state index contributed by atoms with van der Waals surface area (Å²) in [5.74, 6) is 0.194. The van der Waals surface area contributed by atoms with Crippen molar-refractivity contribution < 1.29 is 9.59 Å². The molecule has 2 amide bonds. The van der Waals surface area contributed by atoms with Gasteiger partial charge in [-0.15, -0.1) is 0 Å². The first kappa shape index (κ1) is 26.2. The van der Waals surface area contributed by atoms with E-state index in [1.807, 2.05) is 4.90 Å². The topological polar surface area (TPSA) is 55.9 Å². The van der Waals surface area contributed by atoms with Gasteiger partial charge in [-0.3, -0.25) is 14.5 Å². The summed E-state index contributed by atoms with van der Waals surface area (Å²) in [6, 6.07) is 8.88. The quantitative estimate of drug-likeness (QED) is 0.710. The van der Waals surface area contributed by atoms with E-state index in [1.165, 1.54) is 11.1 Å². The van der Waals surface area contributed by atoms with Gasteiger partial charge in [-0.1, -0.05) is 65.8 Å². The summed E-state index contributed by atoms with van der Waals surface area (Å²) in [6.45, 7) is 17.7. The van der Waals surface area contributed by atoms with Crippen LogP contribution in [0.15, 0.2) is 24.3 Å². The molecule has 3 aliphatic heterocycles. The van der Waals surface area contributed by atoms with Crippen molar-refractivity contribution in [3.05, 3.63) is 35.4 Å². The molecule has 4 rings (SSSR count). The van der Waals surface area contributed by atoms with Crippen LogP contribution in [0.1, 0.15) is 78.4 Å². The maximum atomic E-state index is 13.4. The zero-order valence-corrected chi connectivity index (χ0v) is 23.0. The molecule has 0 aromatic heterocycles. The van der Waals surface area contributed by atoms with Crippen LogP contribution in [0.2, 0.25) is 0 Å². The summed E-state index contributed by atoms with van der Waals surface area (Å²) in [5.41, 5.74) is 2.63. The Morgan fingerprint density at radius 2 is 1.66 bits per heavy atom. The van der Waals surface area contributed by atoms with Crippen molar-refractivity contribution in [1.82, 2.24) is 20.0 Å². The minimum Gasteiger partial charge on any atom is -0.348 e. The van der Waals surface area contributed by atoms with Gasteiger partial charge >= 0.3 is 0 Å². The minimum absolute atomic E-state index is 0.0497. The van der Waals surface area contributed by atoms with E-state index in [0.29, 0.717) is 13.0 Å². The second kappa shape index (κ2) is 9.51. The molecule has 1 N–H and O–H groups in total. The van der Waals surface area contributed by atoms with Crippen LogP contribution >= 0.6 is 0 Å². The summed E-state index contributed by atoms with van der Waals surface area (Å²) in [5, 5.41) is 3.37. The SMILES string of the molecule is CN(CC(C)(C)C)[C@H]1C[C@H]2C(=O)NC3(CCN(Cc4ccc(C(C)(C)C)cc4)CC3)CC(=O)N2C1. The van der Waals surface area contributed by atoms with E-state index in [2.05, 4.69) is 88.0 Å². The number of rotatable bonds is 4. The van der Waals surface area contributed by atoms with Gasteiger partial charge in [0.15, 0.2) is 0 Å². The summed E-state index contributed by atoms with van der Waals surface area (Å²) < 4.78 is 0. The molecule has 6 nitrogen and oxygen atoms in total. The van der Waals surface area contributed by atoms with Gasteiger partial charge in [-0.25, -0.2) is 0 Å². The molecule has 3 fully saturated rings. The second-order valence-electron chi connectivity index (χ2n) is 13.6. The van der Waals surface area contributed by atoms with Crippen molar-refractivity contribution in [2.45, 2.75) is 96.8 Å². The van der Waals surface area contributed by atoms with E-state index < -0.39 is 5.54 Å². The molecule has 35 heavy (non-hydrogen) atoms. The summed E-state index contributed by atoms with van der Waals surface area (Å²) in [7, 11) is 2.12. The lowest BCUT2D eigenvalue weighted by molar-refractivity contribution is -0.135. The number of piperidine rings is 1. The number of carbonyl (C=O) groups is 2. The highest BCUT2D eigenvalue weighted by molar-refractivity contribution is 5.92. The van der Waals surface area contributed by atoms with Crippen molar-refractivity contribution in [1.29, 1.82) is 0 Å². The zero-order valence-electron chi connectivity index (χ0n) is 23.0. The number of likely N-dealkylation sites (tertiary alicyclic amines) is 1. The molecular weight excluding hydrogens is 436 g/mol. The fourth-order valence-electron chi connectivity index (χ4n) is 6.12. The molecule has 3 heterocycles. The monoisotopic (exact) mass is 482 g/mol. The summed E-state index contributed by atoms with van der Waals surface area (Å²) in [6.07, 6.45) is 2.83. The molecule has 0 unspecified atom stereocenters. The standard InChI is InChI=1S/C29H46N4O2/c1-27(2,3)20-31(7)23-16-24-26(35)30-29(17-25(34)33(24)19-23)12-14-32(15-13-29)18-21-8-10-22(11-9-21)28(4,5)6/h8-11,23-24H,12-20H2,1-7H3,(H,30,35)/t23-,24-/m0/s1. The van der Waals surface area contributed by atoms with Crippen molar-refractivity contribution in [3.63, 3.8) is 0 Å². The predicted molar refractivity (Wildman–Crippen MR) is 141 cm³/mol. The van der Waals surface area contributed by atoms with E-state index in [9.17, 15) is 9.59 Å². The van der Waals surface area contributed by atoms with Crippen LogP contribution in [-0.2, 0) is 21.5 Å². The van der Waals surface area contributed by atoms with Gasteiger partial charge in [0.25, 0.3) is 0 Å². The highest BCUT2D eigenvalue weighted by Gasteiger charge is 2.49. The zero-order chi connectivity index (χ0) is 25.6. The van der Waals surface area contributed by atoms with Gasteiger partial charge in [0.2, 0.25) is 11.8 Å². The van der Waals surface area contributed by atoms with Crippen molar-refractivity contribution in [2.24, 2.45) is 5.41 Å². The van der Waals surface area contributed by atoms with Crippen LogP contribution < -0.4 is 5.32 Å². The fraction of sp³-hybridized carbons (Fsp3) is 0.724. The Hall–Kier alpha value is -1.92. The highest BCUT2D eigenvalue weighted by Crippen LogP contribution is 2.34. The molecule has 1 aromatic carbocycles. The molecule has 6 heteroatoms. The molecular formula is C29H46N4O2. The molecule has 0 saturated carbocycles. The lowest BCUT2D eigenvalue weighted by atomic mass is 9.83. The average molecular weight is 483 g/mol. The number of likely N-dealkylation sites (N-methyl/N-ethyl adjacent to an activating group) is 1. The number of nitrogens with zero attached hydrogens (tertiary/aromatic N) is 3. The van der Waals surface area contributed by atoms with Gasteiger partial charge in [0.05, 0.1) is 12.0 Å². The largest absolute Gasteiger partial charge is 0.348 e. The Labute approximate surface area is 212 Å². The Balaban J connectivity index is 1.35. The first-order valence-corrected chi connectivity index (χ1v) is 13.4. The number of nitrogens with one attached hydrogen (secondary N) is 1. The smallest absolute Gasteiger partial charge is 0.243 e. The molecule has 3 saturated heterocycles. The number of carbonyl (C=O) groups excluding carboxylic acids is 2. The average Bonchev–Trinajstić information content (AvgIpc) is 3.17. The van der Waals surface area contributed by atoms with Crippen LogP contribution in [0.3, 0.4) is 0 Å². The van der Waals surface area contributed by atoms with E-state index in [0.717, 1.165) is 45.4 Å². The number of hydrogen-bond donors (Lipinski definition) is 1. The molecule has 0 aliphatic carbocycles. The van der Waals surface area contributed by atoms with Crippen LogP contribution in [-0.4, -0.2) is 77.4 Å². The maximum absolute atomic E-state index is 13.4. The fourth-order valence-corrected chi connectivity index (χ4v) is 6.12. The second-order valence-corrected chi connectivity index (χ2v) is 13.6. The lowest BCUT2D eigenvalue weighted by Crippen LogP contribution is -2.56. The van der Waals surface area contributed by atoms with Gasteiger partial charge in [0.1, 0.15) is 6.04 Å². The third-order valence-electron chi connectivity index (χ3n) is 8.17. The molecule has 1 aromatic rings. The normalized spacial score (nSPS) is 25.7. The van der Waals surface area contributed by atoms with Crippen LogP contribution in [0.5, 0.6) is 0 Å². The molecule has 0 radical (unpaired) electrons. The number of benzene rings is 1. The Bertz CT molecular complexity index is 891. The van der Waals surface area contributed by atoms with E-state index in [1.54, 1.807) is 0 Å². The van der Waals surface area contributed by atoms with Crippen LogP contribution in [0, 0.1) is 5.41 Å². The number of amides is 2. The van der Waals surface area contributed by atoms with Crippen LogP contribution in [0.4, 0.5) is 0 Å². The maximum Gasteiger partial charge on any atom is 0.243 e. The Morgan fingerprint density at radius 3 is 2.23 bits per heavy atom. The number of hydrogen-bond acceptors (Lipinski definition) is 4. The van der Waals surface area contributed by atoms with Gasteiger partial charge in [-0.2, -0.15) is 0 Å². The Kier molecular flexibility index (Phi) is 7.11. The third kappa shape index (κ3) is 6.08. The molecule has 2 atom stereocenters. The van der Waals surface area contributed by atoms with Crippen molar-refractivity contribution in [3.8, 4) is 0 Å². The number of fused-ring (bicyclic) bond motifs is 1. The highest BCUT2D eigenvalue weighted by atomic mass is 16.2. The van der Waals surface area contributed by atoms with E-state index in [-0.39, 0.29) is 34.7 Å². The van der Waals surface area contributed by atoms with Gasteiger partial charge in [-0.05, 0) is 48.3 Å². The molecule has 0 bridgehead atoms.